The summed E-state index contributed by atoms with van der Waals surface area (Å²) in [4.78, 5) is 4.42. The second-order valence-corrected chi connectivity index (χ2v) is 5.30. The van der Waals surface area contributed by atoms with Gasteiger partial charge in [0.05, 0.1) is 10.9 Å². The van der Waals surface area contributed by atoms with Crippen LogP contribution in [0.25, 0.3) is 33.5 Å². The topological polar surface area (TPSA) is 43.1 Å². The lowest BCUT2D eigenvalue weighted by molar-refractivity contribution is -0.660. The maximum Gasteiger partial charge on any atom is 0.319 e. The first-order chi connectivity index (χ1) is 10.1. The normalized spacial score (nSPS) is 11.6. The summed E-state index contributed by atoms with van der Waals surface area (Å²) >= 11 is 0. The van der Waals surface area contributed by atoms with Crippen LogP contribution in [0.5, 0.6) is 0 Å². The molecule has 0 N–H and O–H groups in total. The van der Waals surface area contributed by atoms with Crippen molar-refractivity contribution in [3.8, 4) is 11.3 Å². The lowest BCUT2D eigenvalue weighted by Gasteiger charge is -2.04. The third-order valence-electron chi connectivity index (χ3n) is 3.83. The van der Waals surface area contributed by atoms with Gasteiger partial charge in [-0.1, -0.05) is 6.07 Å². The molecule has 4 nitrogen and oxygen atoms in total. The van der Waals surface area contributed by atoms with Crippen molar-refractivity contribution in [1.82, 2.24) is 4.98 Å². The predicted octanol–water partition coefficient (Wildman–Crippen LogP) is 3.68. The zero-order valence-electron chi connectivity index (χ0n) is 12.2. The van der Waals surface area contributed by atoms with Gasteiger partial charge in [0, 0.05) is 19.1 Å². The molecule has 0 saturated heterocycles. The van der Waals surface area contributed by atoms with Crippen molar-refractivity contribution in [1.29, 1.82) is 0 Å². The molecule has 0 aliphatic heterocycles. The van der Waals surface area contributed by atoms with Gasteiger partial charge >= 0.3 is 5.78 Å². The molecule has 4 aromatic rings. The summed E-state index contributed by atoms with van der Waals surface area (Å²) in [6.07, 6.45) is 2.03. The van der Waals surface area contributed by atoms with Crippen LogP contribution >= 0.6 is 0 Å². The molecular formula is C17H15N2O2+. The number of nitrogens with zero attached hydrogens (tertiary/aromatic N) is 2. The van der Waals surface area contributed by atoms with E-state index in [9.17, 15) is 0 Å². The molecule has 0 amide bonds. The maximum absolute atomic E-state index is 5.95. The molecule has 104 valence electrons. The smallest absolute Gasteiger partial charge is 0.319 e. The first kappa shape index (κ1) is 12.1. The monoisotopic (exact) mass is 279 g/mol. The van der Waals surface area contributed by atoms with E-state index in [2.05, 4.69) is 28.6 Å². The van der Waals surface area contributed by atoms with Gasteiger partial charge < -0.3 is 8.83 Å². The number of hydrogen-bond donors (Lipinski definition) is 0. The third kappa shape index (κ3) is 1.69. The van der Waals surface area contributed by atoms with E-state index in [1.54, 1.807) is 0 Å². The Morgan fingerprint density at radius 1 is 1.05 bits per heavy atom. The van der Waals surface area contributed by atoms with Crippen molar-refractivity contribution in [3.05, 3.63) is 48.0 Å². The minimum absolute atomic E-state index is 0.493. The predicted molar refractivity (Wildman–Crippen MR) is 79.9 cm³/mol. The molecule has 0 saturated carbocycles. The lowest BCUT2D eigenvalue weighted by atomic mass is 10.0. The van der Waals surface area contributed by atoms with Crippen LogP contribution < -0.4 is 4.57 Å². The van der Waals surface area contributed by atoms with Crippen molar-refractivity contribution in [3.63, 3.8) is 0 Å². The largest absolute Gasteiger partial charge is 0.423 e. The van der Waals surface area contributed by atoms with Crippen molar-refractivity contribution in [2.45, 2.75) is 13.8 Å². The van der Waals surface area contributed by atoms with Crippen molar-refractivity contribution in [2.24, 2.45) is 7.05 Å². The molecule has 3 aromatic heterocycles. The number of hydrogen-bond acceptors (Lipinski definition) is 3. The average Bonchev–Trinajstić information content (AvgIpc) is 2.96. The van der Waals surface area contributed by atoms with Gasteiger partial charge in [0.1, 0.15) is 7.05 Å². The molecule has 4 heteroatoms. The van der Waals surface area contributed by atoms with Gasteiger partial charge in [0.15, 0.2) is 23.2 Å². The van der Waals surface area contributed by atoms with E-state index in [0.717, 1.165) is 33.3 Å². The van der Waals surface area contributed by atoms with Crippen LogP contribution in [0.2, 0.25) is 0 Å². The Morgan fingerprint density at radius 3 is 2.71 bits per heavy atom. The molecule has 0 fully saturated rings. The van der Waals surface area contributed by atoms with Crippen LogP contribution in [-0.2, 0) is 7.05 Å². The van der Waals surface area contributed by atoms with Crippen LogP contribution in [0.1, 0.15) is 11.5 Å². The second kappa shape index (κ2) is 4.19. The van der Waals surface area contributed by atoms with Gasteiger partial charge in [0.2, 0.25) is 5.69 Å². The molecular weight excluding hydrogens is 264 g/mol. The zero-order valence-corrected chi connectivity index (χ0v) is 12.2. The van der Waals surface area contributed by atoms with E-state index in [4.69, 9.17) is 8.83 Å². The summed E-state index contributed by atoms with van der Waals surface area (Å²) in [5.41, 5.74) is 4.98. The average molecular weight is 279 g/mol. The Balaban J connectivity index is 2.15. The number of pyridine rings is 1. The minimum atomic E-state index is 0.493. The highest BCUT2D eigenvalue weighted by Gasteiger charge is 2.22. The number of oxazole rings is 1. The number of aryl methyl sites for hydroxylation is 3. The summed E-state index contributed by atoms with van der Waals surface area (Å²) in [7, 11) is 2.03. The third-order valence-corrected chi connectivity index (χ3v) is 3.83. The van der Waals surface area contributed by atoms with Crippen molar-refractivity contribution >= 4 is 22.3 Å². The Morgan fingerprint density at radius 2 is 1.90 bits per heavy atom. The summed E-state index contributed by atoms with van der Waals surface area (Å²) in [6, 6.07) is 10.3. The highest BCUT2D eigenvalue weighted by atomic mass is 16.5. The Hall–Kier alpha value is -2.62. The van der Waals surface area contributed by atoms with E-state index in [1.807, 2.05) is 38.4 Å². The zero-order chi connectivity index (χ0) is 14.6. The van der Waals surface area contributed by atoms with E-state index in [-0.39, 0.29) is 0 Å². The number of aromatic nitrogens is 2. The highest BCUT2D eigenvalue weighted by molar-refractivity contribution is 6.06. The second-order valence-electron chi connectivity index (χ2n) is 5.30. The van der Waals surface area contributed by atoms with Gasteiger partial charge in [-0.25, -0.2) is 9.55 Å². The van der Waals surface area contributed by atoms with Crippen LogP contribution in [0, 0.1) is 13.8 Å². The summed E-state index contributed by atoms with van der Waals surface area (Å²) in [5.74, 6) is 1.12. The number of rotatable bonds is 1. The van der Waals surface area contributed by atoms with E-state index in [0.29, 0.717) is 11.7 Å². The molecule has 0 unspecified atom stereocenters. The Kier molecular flexibility index (Phi) is 2.42. The SMILES string of the molecule is Cc1nc2c(o1)oc1c(-c3cccc[n+]3C)c(C)ccc12. The van der Waals surface area contributed by atoms with Crippen molar-refractivity contribution in [2.75, 3.05) is 0 Å². The lowest BCUT2D eigenvalue weighted by Crippen LogP contribution is -2.30. The quantitative estimate of drug-likeness (QED) is 0.499. The van der Waals surface area contributed by atoms with Crippen LogP contribution in [0.3, 0.4) is 0 Å². The molecule has 0 atom stereocenters. The Labute approximate surface area is 121 Å². The molecule has 0 radical (unpaired) electrons. The van der Waals surface area contributed by atoms with Gasteiger partial charge in [-0.3, -0.25) is 0 Å². The van der Waals surface area contributed by atoms with Crippen LogP contribution in [0.15, 0.2) is 45.4 Å². The summed E-state index contributed by atoms with van der Waals surface area (Å²) in [5, 5.41) is 0.992. The van der Waals surface area contributed by atoms with Gasteiger partial charge in [-0.2, -0.15) is 0 Å². The molecule has 4 rings (SSSR count). The molecule has 0 aliphatic rings. The molecule has 0 aliphatic carbocycles. The van der Waals surface area contributed by atoms with E-state index in [1.165, 1.54) is 0 Å². The van der Waals surface area contributed by atoms with Crippen LogP contribution in [-0.4, -0.2) is 4.98 Å². The maximum atomic E-state index is 5.95. The van der Waals surface area contributed by atoms with Gasteiger partial charge in [-0.15, -0.1) is 0 Å². The number of furan rings is 1. The van der Waals surface area contributed by atoms with E-state index < -0.39 is 0 Å². The fourth-order valence-electron chi connectivity index (χ4n) is 2.82. The van der Waals surface area contributed by atoms with Crippen LogP contribution in [0.4, 0.5) is 0 Å². The van der Waals surface area contributed by atoms with Gasteiger partial charge in [0.25, 0.3) is 0 Å². The fourth-order valence-corrected chi connectivity index (χ4v) is 2.82. The van der Waals surface area contributed by atoms with Gasteiger partial charge in [-0.05, 0) is 24.6 Å². The molecule has 0 spiro atoms. The molecule has 1 aromatic carbocycles. The molecule has 21 heavy (non-hydrogen) atoms. The van der Waals surface area contributed by atoms with Crippen molar-refractivity contribution < 1.29 is 13.4 Å². The first-order valence-corrected chi connectivity index (χ1v) is 6.89. The number of benzene rings is 1. The molecule has 3 heterocycles. The first-order valence-electron chi connectivity index (χ1n) is 6.89. The Bertz CT molecular complexity index is 979. The standard InChI is InChI=1S/C17H15N2O2/c1-10-7-8-12-15-17(20-11(2)18-15)21-16(12)14(10)13-6-4-5-9-19(13)3/h4-9H,1-3H3/q+1. The summed E-state index contributed by atoms with van der Waals surface area (Å²) < 4.78 is 13.6. The number of fused-ring (bicyclic) bond motifs is 3. The summed E-state index contributed by atoms with van der Waals surface area (Å²) in [6.45, 7) is 3.92. The van der Waals surface area contributed by atoms with E-state index >= 15 is 0 Å². The fraction of sp³-hybridized carbons (Fsp3) is 0.176. The minimum Gasteiger partial charge on any atom is -0.423 e. The molecule has 0 bridgehead atoms. The highest BCUT2D eigenvalue weighted by Crippen LogP contribution is 2.36.